The van der Waals surface area contributed by atoms with E-state index in [9.17, 15) is 14.4 Å². The zero-order chi connectivity index (χ0) is 26.3. The van der Waals surface area contributed by atoms with Crippen LogP contribution >= 0.6 is 0 Å². The van der Waals surface area contributed by atoms with Crippen molar-refractivity contribution in [3.8, 4) is 0 Å². The van der Waals surface area contributed by atoms with Crippen molar-refractivity contribution < 1.29 is 19.2 Å². The smallest absolute Gasteiger partial charge is 0.332 e. The maximum absolute atomic E-state index is 12.8. The number of hydroxylamine groups is 1. The zero-order valence-electron chi connectivity index (χ0n) is 21.6. The van der Waals surface area contributed by atoms with Gasteiger partial charge >= 0.3 is 5.97 Å². The van der Waals surface area contributed by atoms with Crippen LogP contribution in [-0.4, -0.2) is 52.3 Å². The number of para-hydroxylation sites is 1. The first-order chi connectivity index (χ1) is 18.6. The largest absolute Gasteiger partial charge is 0.370 e. The van der Waals surface area contributed by atoms with Crippen molar-refractivity contribution in [2.75, 3.05) is 25.0 Å². The Morgan fingerprint density at radius 2 is 2.03 bits per heavy atom. The third-order valence-electron chi connectivity index (χ3n) is 7.47. The van der Waals surface area contributed by atoms with Gasteiger partial charge in [0.1, 0.15) is 12.4 Å². The van der Waals surface area contributed by atoms with Crippen LogP contribution in [0.25, 0.3) is 10.9 Å². The molecule has 5 rings (SSSR count). The van der Waals surface area contributed by atoms with Gasteiger partial charge in [-0.2, -0.15) is 5.48 Å². The van der Waals surface area contributed by atoms with E-state index >= 15 is 0 Å². The molecule has 1 saturated heterocycles. The van der Waals surface area contributed by atoms with Crippen LogP contribution in [0.3, 0.4) is 0 Å². The first-order valence-electron chi connectivity index (χ1n) is 13.6. The van der Waals surface area contributed by atoms with Gasteiger partial charge in [-0.25, -0.2) is 9.78 Å². The summed E-state index contributed by atoms with van der Waals surface area (Å²) < 4.78 is 0. The van der Waals surface area contributed by atoms with Gasteiger partial charge in [0.2, 0.25) is 5.91 Å². The van der Waals surface area contributed by atoms with E-state index in [-0.39, 0.29) is 24.8 Å². The van der Waals surface area contributed by atoms with E-state index in [0.29, 0.717) is 25.8 Å². The van der Waals surface area contributed by atoms with E-state index in [1.54, 1.807) is 0 Å². The molecule has 9 nitrogen and oxygen atoms in total. The van der Waals surface area contributed by atoms with E-state index in [0.717, 1.165) is 55.7 Å². The number of hydrogen-bond donors (Lipinski definition) is 3. The number of carbonyl (C=O) groups excluding carboxylic acids is 3. The third kappa shape index (κ3) is 6.33. The number of rotatable bonds is 10. The molecule has 1 atom stereocenters. The van der Waals surface area contributed by atoms with Gasteiger partial charge in [-0.1, -0.05) is 24.3 Å². The van der Waals surface area contributed by atoms with Crippen molar-refractivity contribution in [2.45, 2.75) is 57.8 Å². The van der Waals surface area contributed by atoms with Crippen LogP contribution in [0.15, 0.2) is 42.6 Å². The number of amides is 2. The highest BCUT2D eigenvalue weighted by Crippen LogP contribution is 2.25. The van der Waals surface area contributed by atoms with Crippen LogP contribution in [0.5, 0.6) is 0 Å². The van der Waals surface area contributed by atoms with Gasteiger partial charge < -0.3 is 20.0 Å². The van der Waals surface area contributed by atoms with Crippen molar-refractivity contribution in [2.24, 2.45) is 5.92 Å². The number of carbonyl (C=O) groups is 3. The summed E-state index contributed by atoms with van der Waals surface area (Å²) in [6.07, 6.45) is 8.91. The van der Waals surface area contributed by atoms with Crippen LogP contribution < -0.4 is 10.8 Å². The molecule has 2 aliphatic rings. The van der Waals surface area contributed by atoms with Crippen LogP contribution in [0.2, 0.25) is 0 Å². The summed E-state index contributed by atoms with van der Waals surface area (Å²) in [6, 6.07) is 12.3. The lowest BCUT2D eigenvalue weighted by molar-refractivity contribution is -0.159. The molecule has 1 unspecified atom stereocenters. The lowest BCUT2D eigenvalue weighted by Gasteiger charge is -2.18. The fraction of sp³-hybridized carbons (Fsp3) is 0.448. The first-order valence-corrected chi connectivity index (χ1v) is 13.6. The number of aromatic amines is 1. The molecule has 2 aromatic heterocycles. The van der Waals surface area contributed by atoms with E-state index in [4.69, 9.17) is 9.82 Å². The van der Waals surface area contributed by atoms with Crippen molar-refractivity contribution >= 4 is 34.5 Å². The summed E-state index contributed by atoms with van der Waals surface area (Å²) >= 11 is 0. The van der Waals surface area contributed by atoms with Gasteiger partial charge in [0, 0.05) is 48.2 Å². The lowest BCUT2D eigenvalue weighted by Crippen LogP contribution is -2.39. The maximum Gasteiger partial charge on any atom is 0.332 e. The van der Waals surface area contributed by atoms with Gasteiger partial charge in [-0.05, 0) is 74.6 Å². The van der Waals surface area contributed by atoms with Crippen LogP contribution in [0.1, 0.15) is 55.3 Å². The highest BCUT2D eigenvalue weighted by molar-refractivity contribution is 5.87. The van der Waals surface area contributed by atoms with Gasteiger partial charge in [0.25, 0.3) is 5.91 Å². The minimum atomic E-state index is -0.492. The second-order valence-corrected chi connectivity index (χ2v) is 10.2. The minimum Gasteiger partial charge on any atom is -0.370 e. The quantitative estimate of drug-likeness (QED) is 0.279. The highest BCUT2D eigenvalue weighted by Gasteiger charge is 2.32. The van der Waals surface area contributed by atoms with Crippen LogP contribution in [-0.2, 0) is 38.5 Å². The maximum atomic E-state index is 12.8. The molecular formula is C29H35N5O4. The molecule has 0 bridgehead atoms. The molecule has 3 N–H and O–H groups in total. The molecule has 200 valence electrons. The number of pyridine rings is 1. The van der Waals surface area contributed by atoms with E-state index in [1.807, 2.05) is 30.5 Å². The molecule has 38 heavy (non-hydrogen) atoms. The molecular weight excluding hydrogens is 482 g/mol. The summed E-state index contributed by atoms with van der Waals surface area (Å²) in [7, 11) is 0. The number of H-pyrrole nitrogens is 1. The lowest BCUT2D eigenvalue weighted by atomic mass is 9.99. The number of benzene rings is 1. The Morgan fingerprint density at radius 1 is 1.13 bits per heavy atom. The Kier molecular flexibility index (Phi) is 8.21. The summed E-state index contributed by atoms with van der Waals surface area (Å²) in [5.74, 6) is -0.148. The molecule has 4 heterocycles. The molecule has 2 amide bonds. The fourth-order valence-electron chi connectivity index (χ4n) is 5.35. The zero-order valence-corrected chi connectivity index (χ0v) is 21.6. The number of aromatic nitrogens is 2. The number of aryl methyl sites for hydroxylation is 3. The molecule has 3 aromatic rings. The summed E-state index contributed by atoms with van der Waals surface area (Å²) in [5, 5.41) is 4.55. The highest BCUT2D eigenvalue weighted by atomic mass is 16.7. The molecule has 1 fully saturated rings. The van der Waals surface area contributed by atoms with Crippen LogP contribution in [0.4, 0.5) is 5.82 Å². The molecule has 9 heteroatoms. The predicted octanol–water partition coefficient (Wildman–Crippen LogP) is 3.69. The topological polar surface area (TPSA) is 116 Å². The Balaban J connectivity index is 0.974. The molecule has 1 aromatic carbocycles. The number of unbranched alkanes of at least 4 members (excludes halogenated alkanes) is 1. The SMILES string of the molecule is O=C(CN1CCC(CCc2ccc3c(n2)NCCC3)C1=O)NOC(=O)CCCCc1c[nH]c2ccccc12. The average Bonchev–Trinajstić information content (AvgIpc) is 3.51. The van der Waals surface area contributed by atoms with E-state index < -0.39 is 11.9 Å². The standard InChI is InChI=1S/C29H35N5O4/c35-26(33-38-27(36)10-4-1-6-22-18-31-25-9-3-2-8-24(22)25)19-34-17-15-21(29(34)37)12-14-23-13-11-20-7-5-16-30-28(20)32-23/h2-3,8-9,11,13,18,21,31H,1,4-7,10,12,14-17,19H2,(H,30,32)(H,33,35). The Morgan fingerprint density at radius 3 is 2.95 bits per heavy atom. The van der Waals surface area contributed by atoms with Gasteiger partial charge in [0.15, 0.2) is 0 Å². The summed E-state index contributed by atoms with van der Waals surface area (Å²) in [6.45, 7) is 1.37. The predicted molar refractivity (Wildman–Crippen MR) is 144 cm³/mol. The van der Waals surface area contributed by atoms with Gasteiger partial charge in [-0.15, -0.1) is 0 Å². The summed E-state index contributed by atoms with van der Waals surface area (Å²) in [5.41, 5.74) is 6.77. The van der Waals surface area contributed by atoms with Crippen molar-refractivity contribution in [1.82, 2.24) is 20.3 Å². The number of likely N-dealkylation sites (tertiary alicyclic amines) is 1. The number of fused-ring (bicyclic) bond motifs is 2. The molecule has 0 aliphatic carbocycles. The minimum absolute atomic E-state index is 0.0279. The van der Waals surface area contributed by atoms with E-state index in [2.05, 4.69) is 27.9 Å². The fourth-order valence-corrected chi connectivity index (χ4v) is 5.35. The third-order valence-corrected chi connectivity index (χ3v) is 7.47. The average molecular weight is 518 g/mol. The van der Waals surface area contributed by atoms with E-state index in [1.165, 1.54) is 21.4 Å². The van der Waals surface area contributed by atoms with Crippen molar-refractivity contribution in [1.29, 1.82) is 0 Å². The second-order valence-electron chi connectivity index (χ2n) is 10.2. The first kappa shape index (κ1) is 25.8. The monoisotopic (exact) mass is 517 g/mol. The molecule has 2 aliphatic heterocycles. The normalized spacial score (nSPS) is 16.8. The summed E-state index contributed by atoms with van der Waals surface area (Å²) in [4.78, 5) is 51.6. The Bertz CT molecular complexity index is 1300. The number of hydrogen-bond acceptors (Lipinski definition) is 6. The Hall–Kier alpha value is -3.88. The van der Waals surface area contributed by atoms with Crippen molar-refractivity contribution in [3.05, 3.63) is 59.4 Å². The number of nitrogens with zero attached hydrogens (tertiary/aromatic N) is 2. The molecule has 0 spiro atoms. The number of anilines is 1. The molecule has 0 saturated carbocycles. The second kappa shape index (κ2) is 12.1. The van der Waals surface area contributed by atoms with Crippen LogP contribution in [0, 0.1) is 5.92 Å². The number of nitrogens with one attached hydrogen (secondary N) is 3. The Labute approximate surface area is 222 Å². The van der Waals surface area contributed by atoms with Gasteiger partial charge in [0.05, 0.1) is 0 Å². The molecule has 0 radical (unpaired) electrons. The van der Waals surface area contributed by atoms with Gasteiger partial charge in [-0.3, -0.25) is 9.59 Å². The van der Waals surface area contributed by atoms with Crippen molar-refractivity contribution in [3.63, 3.8) is 0 Å².